The molecule has 3 heterocycles. The molecule has 3 rings (SSSR count). The van der Waals surface area contributed by atoms with E-state index in [0.717, 1.165) is 13.1 Å². The first-order valence-electron chi connectivity index (χ1n) is 7.56. The Kier molecular flexibility index (Phi) is 4.22. The van der Waals surface area contributed by atoms with E-state index in [1.807, 2.05) is 0 Å². The maximum atomic E-state index is 12.7. The molecule has 2 unspecified atom stereocenters. The second-order valence-electron chi connectivity index (χ2n) is 6.20. The van der Waals surface area contributed by atoms with Crippen molar-refractivity contribution in [3.05, 3.63) is 0 Å². The number of ether oxygens (including phenoxy) is 1. The molecule has 7 nitrogen and oxygen atoms in total. The van der Waals surface area contributed by atoms with Crippen LogP contribution in [0.3, 0.4) is 0 Å². The Balaban J connectivity index is 1.60. The molecule has 0 saturated carbocycles. The van der Waals surface area contributed by atoms with Crippen molar-refractivity contribution in [2.24, 2.45) is 17.8 Å². The lowest BCUT2D eigenvalue weighted by Crippen LogP contribution is -2.47. The van der Waals surface area contributed by atoms with Crippen LogP contribution >= 0.6 is 0 Å². The lowest BCUT2D eigenvalue weighted by atomic mass is 9.99. The summed E-state index contributed by atoms with van der Waals surface area (Å²) in [6.45, 7) is 3.90. The fourth-order valence-corrected chi connectivity index (χ4v) is 5.41. The van der Waals surface area contributed by atoms with Crippen LogP contribution in [0.1, 0.15) is 12.8 Å². The van der Waals surface area contributed by atoms with Gasteiger partial charge < -0.3 is 10.1 Å². The van der Waals surface area contributed by atoms with Crippen LogP contribution in [0.25, 0.3) is 0 Å². The zero-order chi connectivity index (χ0) is 15.0. The van der Waals surface area contributed by atoms with Gasteiger partial charge in [-0.1, -0.05) is 0 Å². The summed E-state index contributed by atoms with van der Waals surface area (Å²) in [6, 6.07) is 0. The fraction of sp³-hybridized carbons (Fsp3) is 0.923. The van der Waals surface area contributed by atoms with Crippen LogP contribution in [0.4, 0.5) is 0 Å². The van der Waals surface area contributed by atoms with Gasteiger partial charge in [-0.15, -0.1) is 0 Å². The largest absolute Gasteiger partial charge is 0.469 e. The Bertz CT molecular complexity index is 490. The van der Waals surface area contributed by atoms with Crippen LogP contribution in [-0.2, 0) is 19.7 Å². The maximum absolute atomic E-state index is 12.7. The molecule has 0 radical (unpaired) electrons. The minimum absolute atomic E-state index is 0.163. The van der Waals surface area contributed by atoms with Gasteiger partial charge in [0.2, 0.25) is 0 Å². The van der Waals surface area contributed by atoms with Gasteiger partial charge in [-0.3, -0.25) is 4.79 Å². The molecule has 3 fully saturated rings. The summed E-state index contributed by atoms with van der Waals surface area (Å²) in [5, 5.41) is 3.31. The summed E-state index contributed by atoms with van der Waals surface area (Å²) in [6.07, 6.45) is 1.10. The first-order valence-corrected chi connectivity index (χ1v) is 8.96. The van der Waals surface area contributed by atoms with E-state index in [2.05, 4.69) is 5.32 Å². The SMILES string of the molecule is COC(=O)C1CCN(S(=O)(=O)N2CC3CNCC3C2)CC1. The summed E-state index contributed by atoms with van der Waals surface area (Å²) in [4.78, 5) is 11.5. The number of nitrogens with zero attached hydrogens (tertiary/aromatic N) is 2. The quantitative estimate of drug-likeness (QED) is 0.694. The molecule has 120 valence electrons. The summed E-state index contributed by atoms with van der Waals surface area (Å²) in [7, 11) is -2.00. The van der Waals surface area contributed by atoms with Gasteiger partial charge in [-0.2, -0.15) is 17.0 Å². The lowest BCUT2D eigenvalue weighted by Gasteiger charge is -2.33. The number of methoxy groups -OCH3 is 1. The van der Waals surface area contributed by atoms with E-state index in [0.29, 0.717) is 50.9 Å². The molecular formula is C13H23N3O4S. The molecule has 3 aliphatic rings. The van der Waals surface area contributed by atoms with Crippen LogP contribution in [0.2, 0.25) is 0 Å². The topological polar surface area (TPSA) is 79.0 Å². The van der Waals surface area contributed by atoms with Gasteiger partial charge in [0.25, 0.3) is 10.2 Å². The van der Waals surface area contributed by atoms with Crippen LogP contribution in [-0.4, -0.2) is 69.4 Å². The summed E-state index contributed by atoms with van der Waals surface area (Å²) in [5.41, 5.74) is 0. The normalized spacial score (nSPS) is 32.2. The van der Waals surface area contributed by atoms with Crippen molar-refractivity contribution < 1.29 is 17.9 Å². The molecule has 0 amide bonds. The third-order valence-electron chi connectivity index (χ3n) is 5.00. The number of rotatable bonds is 3. The average Bonchev–Trinajstić information content (AvgIpc) is 3.08. The Morgan fingerprint density at radius 1 is 1.10 bits per heavy atom. The predicted octanol–water partition coefficient (Wildman–Crippen LogP) is -0.733. The van der Waals surface area contributed by atoms with Crippen LogP contribution < -0.4 is 5.32 Å². The van der Waals surface area contributed by atoms with Crippen molar-refractivity contribution in [1.29, 1.82) is 0 Å². The molecule has 8 heteroatoms. The van der Waals surface area contributed by atoms with Gasteiger partial charge in [0.15, 0.2) is 0 Å². The zero-order valence-electron chi connectivity index (χ0n) is 12.3. The van der Waals surface area contributed by atoms with Gasteiger partial charge in [-0.05, 0) is 37.8 Å². The van der Waals surface area contributed by atoms with Crippen molar-refractivity contribution in [1.82, 2.24) is 13.9 Å². The second-order valence-corrected chi connectivity index (χ2v) is 8.13. The minimum Gasteiger partial charge on any atom is -0.469 e. The molecule has 0 spiro atoms. The predicted molar refractivity (Wildman–Crippen MR) is 76.7 cm³/mol. The van der Waals surface area contributed by atoms with E-state index < -0.39 is 10.2 Å². The zero-order valence-corrected chi connectivity index (χ0v) is 13.1. The van der Waals surface area contributed by atoms with E-state index in [4.69, 9.17) is 4.74 Å². The molecule has 3 saturated heterocycles. The highest BCUT2D eigenvalue weighted by Gasteiger charge is 2.44. The van der Waals surface area contributed by atoms with Crippen molar-refractivity contribution in [3.63, 3.8) is 0 Å². The monoisotopic (exact) mass is 317 g/mol. The molecule has 0 aromatic carbocycles. The highest BCUT2D eigenvalue weighted by molar-refractivity contribution is 7.86. The van der Waals surface area contributed by atoms with Gasteiger partial charge in [0.1, 0.15) is 0 Å². The minimum atomic E-state index is -3.37. The van der Waals surface area contributed by atoms with E-state index in [1.165, 1.54) is 11.4 Å². The number of nitrogens with one attached hydrogen (secondary N) is 1. The smallest absolute Gasteiger partial charge is 0.308 e. The van der Waals surface area contributed by atoms with Gasteiger partial charge >= 0.3 is 5.97 Å². The lowest BCUT2D eigenvalue weighted by molar-refractivity contribution is -0.146. The second kappa shape index (κ2) is 5.83. The summed E-state index contributed by atoms with van der Waals surface area (Å²) >= 11 is 0. The van der Waals surface area contributed by atoms with E-state index in [9.17, 15) is 13.2 Å². The summed E-state index contributed by atoms with van der Waals surface area (Å²) < 4.78 is 33.3. The van der Waals surface area contributed by atoms with Crippen molar-refractivity contribution >= 4 is 16.2 Å². The van der Waals surface area contributed by atoms with E-state index >= 15 is 0 Å². The third-order valence-corrected chi connectivity index (χ3v) is 6.97. The van der Waals surface area contributed by atoms with Crippen molar-refractivity contribution in [2.75, 3.05) is 46.4 Å². The Morgan fingerprint density at radius 3 is 2.19 bits per heavy atom. The number of hydrogen-bond acceptors (Lipinski definition) is 5. The first kappa shape index (κ1) is 15.2. The standard InChI is InChI=1S/C13H23N3O4S/c1-20-13(17)10-2-4-15(5-3-10)21(18,19)16-8-11-6-14-7-12(11)9-16/h10-12,14H,2-9H2,1H3. The van der Waals surface area contributed by atoms with Crippen LogP contribution in [0, 0.1) is 17.8 Å². The Morgan fingerprint density at radius 2 is 1.67 bits per heavy atom. The van der Waals surface area contributed by atoms with Crippen LogP contribution in [0.15, 0.2) is 0 Å². The molecule has 0 aromatic rings. The first-order chi connectivity index (χ1) is 10.0. The molecule has 2 atom stereocenters. The number of carbonyl (C=O) groups is 1. The number of piperidine rings is 1. The molecule has 0 aromatic heterocycles. The highest BCUT2D eigenvalue weighted by atomic mass is 32.2. The summed E-state index contributed by atoms with van der Waals surface area (Å²) in [5.74, 6) is 0.511. The van der Waals surface area contributed by atoms with Crippen molar-refractivity contribution in [3.8, 4) is 0 Å². The number of esters is 1. The van der Waals surface area contributed by atoms with Gasteiger partial charge in [-0.25, -0.2) is 0 Å². The van der Waals surface area contributed by atoms with Gasteiger partial charge in [0, 0.05) is 26.2 Å². The maximum Gasteiger partial charge on any atom is 0.308 e. The molecular weight excluding hydrogens is 294 g/mol. The fourth-order valence-electron chi connectivity index (χ4n) is 3.65. The molecule has 3 aliphatic heterocycles. The number of carbonyl (C=O) groups excluding carboxylic acids is 1. The molecule has 0 aliphatic carbocycles. The number of hydrogen-bond donors (Lipinski definition) is 1. The number of fused-ring (bicyclic) bond motifs is 1. The average molecular weight is 317 g/mol. The molecule has 21 heavy (non-hydrogen) atoms. The Labute approximate surface area is 125 Å². The van der Waals surface area contributed by atoms with Gasteiger partial charge in [0.05, 0.1) is 13.0 Å². The Hall–Kier alpha value is -0.700. The molecule has 1 N–H and O–H groups in total. The third kappa shape index (κ3) is 2.81. The highest BCUT2D eigenvalue weighted by Crippen LogP contribution is 2.31. The van der Waals surface area contributed by atoms with E-state index in [1.54, 1.807) is 4.31 Å². The van der Waals surface area contributed by atoms with Crippen molar-refractivity contribution in [2.45, 2.75) is 12.8 Å². The van der Waals surface area contributed by atoms with E-state index in [-0.39, 0.29) is 11.9 Å². The molecule has 0 bridgehead atoms. The van der Waals surface area contributed by atoms with Crippen LogP contribution in [0.5, 0.6) is 0 Å².